The first-order valence-electron chi connectivity index (χ1n) is 7.02. The van der Waals surface area contributed by atoms with Crippen LogP contribution in [0.15, 0.2) is 17.8 Å². The molecule has 0 radical (unpaired) electrons. The number of rotatable bonds is 3. The minimum atomic E-state index is 0.134. The van der Waals surface area contributed by atoms with Gasteiger partial charge >= 0.3 is 0 Å². The molecule has 112 valence electrons. The van der Waals surface area contributed by atoms with E-state index in [2.05, 4.69) is 26.9 Å². The van der Waals surface area contributed by atoms with Crippen molar-refractivity contribution in [2.45, 2.75) is 19.4 Å². The Morgan fingerprint density at radius 3 is 3.05 bits per heavy atom. The number of likely N-dealkylation sites (N-methyl/N-ethyl adjacent to an activating group) is 1. The van der Waals surface area contributed by atoms with Gasteiger partial charge in [0.25, 0.3) is 0 Å². The van der Waals surface area contributed by atoms with Crippen LogP contribution in [0.2, 0.25) is 0 Å². The van der Waals surface area contributed by atoms with Gasteiger partial charge in [-0.05, 0) is 14.0 Å². The van der Waals surface area contributed by atoms with Crippen molar-refractivity contribution in [2.24, 2.45) is 0 Å². The summed E-state index contributed by atoms with van der Waals surface area (Å²) in [7, 11) is 2.07. The van der Waals surface area contributed by atoms with Gasteiger partial charge in [0, 0.05) is 37.4 Å². The van der Waals surface area contributed by atoms with Crippen LogP contribution in [0, 0.1) is 6.92 Å². The van der Waals surface area contributed by atoms with Crippen LogP contribution in [0.4, 0.5) is 0 Å². The van der Waals surface area contributed by atoms with Crippen LogP contribution < -0.4 is 0 Å². The molecule has 1 aliphatic rings. The number of aromatic nitrogens is 3. The Bertz CT molecular complexity index is 609. The second-order valence-electron chi connectivity index (χ2n) is 5.35. The van der Waals surface area contributed by atoms with Crippen molar-refractivity contribution in [3.05, 3.63) is 34.3 Å². The standard InChI is InChI=1S/C14H19N5OS/c1-10-17-11(9-21-10)7-13(20)19-6-5-18(2)12(8-19)14-15-3-4-16-14/h3-4,9,12H,5-8H2,1-2H3,(H,15,16). The number of hydrogen-bond acceptors (Lipinski definition) is 5. The number of thiazole rings is 1. The number of piperazine rings is 1. The van der Waals surface area contributed by atoms with E-state index in [9.17, 15) is 4.79 Å². The van der Waals surface area contributed by atoms with Crippen molar-refractivity contribution in [1.29, 1.82) is 0 Å². The Morgan fingerprint density at radius 1 is 1.52 bits per heavy atom. The summed E-state index contributed by atoms with van der Waals surface area (Å²) in [6, 6.07) is 0.134. The summed E-state index contributed by atoms with van der Waals surface area (Å²) in [4.78, 5) is 28.4. The average molecular weight is 305 g/mol. The number of aromatic amines is 1. The molecule has 0 aliphatic carbocycles. The van der Waals surface area contributed by atoms with Crippen LogP contribution in [0.25, 0.3) is 0 Å². The Labute approximate surface area is 127 Å². The molecular weight excluding hydrogens is 286 g/mol. The molecule has 3 rings (SSSR count). The lowest BCUT2D eigenvalue weighted by Gasteiger charge is -2.38. The maximum atomic E-state index is 12.4. The molecule has 7 heteroatoms. The molecule has 1 fully saturated rings. The second-order valence-corrected chi connectivity index (χ2v) is 6.41. The van der Waals surface area contributed by atoms with Gasteiger partial charge in [-0.2, -0.15) is 0 Å². The third-order valence-electron chi connectivity index (χ3n) is 3.83. The molecule has 2 aromatic rings. The van der Waals surface area contributed by atoms with E-state index in [0.29, 0.717) is 13.0 Å². The van der Waals surface area contributed by atoms with Gasteiger partial charge in [-0.3, -0.25) is 9.69 Å². The highest BCUT2D eigenvalue weighted by Crippen LogP contribution is 2.21. The molecule has 0 spiro atoms. The van der Waals surface area contributed by atoms with E-state index in [-0.39, 0.29) is 11.9 Å². The Balaban J connectivity index is 1.67. The van der Waals surface area contributed by atoms with Crippen LogP contribution >= 0.6 is 11.3 Å². The van der Waals surface area contributed by atoms with E-state index in [1.165, 1.54) is 0 Å². The predicted octanol–water partition coefficient (Wildman–Crippen LogP) is 1.23. The van der Waals surface area contributed by atoms with Crippen LogP contribution in [-0.2, 0) is 11.2 Å². The smallest absolute Gasteiger partial charge is 0.228 e. The van der Waals surface area contributed by atoms with Crippen LogP contribution in [-0.4, -0.2) is 57.3 Å². The number of carbonyl (C=O) groups is 1. The number of nitrogens with zero attached hydrogens (tertiary/aromatic N) is 4. The molecule has 0 bridgehead atoms. The van der Waals surface area contributed by atoms with Crippen molar-refractivity contribution >= 4 is 17.2 Å². The highest BCUT2D eigenvalue weighted by molar-refractivity contribution is 7.09. The van der Waals surface area contributed by atoms with E-state index in [0.717, 1.165) is 29.6 Å². The Kier molecular flexibility index (Phi) is 4.03. The molecular formula is C14H19N5OS. The summed E-state index contributed by atoms with van der Waals surface area (Å²) >= 11 is 1.59. The molecule has 1 N–H and O–H groups in total. The van der Waals surface area contributed by atoms with Crippen molar-refractivity contribution in [3.63, 3.8) is 0 Å². The number of hydrogen-bond donors (Lipinski definition) is 1. The number of carbonyl (C=O) groups excluding carboxylic acids is 1. The van der Waals surface area contributed by atoms with Crippen LogP contribution in [0.3, 0.4) is 0 Å². The largest absolute Gasteiger partial charge is 0.347 e. The van der Waals surface area contributed by atoms with E-state index >= 15 is 0 Å². The third-order valence-corrected chi connectivity index (χ3v) is 4.66. The molecule has 21 heavy (non-hydrogen) atoms. The van der Waals surface area contributed by atoms with Gasteiger partial charge in [0.2, 0.25) is 5.91 Å². The van der Waals surface area contributed by atoms with Crippen molar-refractivity contribution in [2.75, 3.05) is 26.7 Å². The Morgan fingerprint density at radius 2 is 2.38 bits per heavy atom. The minimum absolute atomic E-state index is 0.134. The summed E-state index contributed by atoms with van der Waals surface area (Å²) < 4.78 is 0. The molecule has 3 heterocycles. The van der Waals surface area contributed by atoms with Gasteiger partial charge < -0.3 is 9.88 Å². The normalized spacial score (nSPS) is 19.9. The average Bonchev–Trinajstić information content (AvgIpc) is 3.11. The highest BCUT2D eigenvalue weighted by Gasteiger charge is 2.29. The molecule has 1 unspecified atom stereocenters. The lowest BCUT2D eigenvalue weighted by atomic mass is 10.1. The molecule has 1 saturated heterocycles. The molecule has 0 saturated carbocycles. The van der Waals surface area contributed by atoms with E-state index < -0.39 is 0 Å². The van der Waals surface area contributed by atoms with Gasteiger partial charge in [-0.15, -0.1) is 11.3 Å². The second kappa shape index (κ2) is 5.95. The Hall–Kier alpha value is -1.73. The molecule has 2 aromatic heterocycles. The summed E-state index contributed by atoms with van der Waals surface area (Å²) in [5.74, 6) is 1.06. The van der Waals surface area contributed by atoms with Crippen molar-refractivity contribution in [3.8, 4) is 0 Å². The van der Waals surface area contributed by atoms with Crippen molar-refractivity contribution < 1.29 is 4.79 Å². The minimum Gasteiger partial charge on any atom is -0.347 e. The van der Waals surface area contributed by atoms with Gasteiger partial charge in [0.1, 0.15) is 5.82 Å². The molecule has 1 amide bonds. The number of H-pyrrole nitrogens is 1. The molecule has 1 atom stereocenters. The van der Waals surface area contributed by atoms with Crippen LogP contribution in [0.5, 0.6) is 0 Å². The van der Waals surface area contributed by atoms with E-state index in [1.54, 1.807) is 17.5 Å². The maximum Gasteiger partial charge on any atom is 0.228 e. The van der Waals surface area contributed by atoms with Crippen LogP contribution in [0.1, 0.15) is 22.6 Å². The quantitative estimate of drug-likeness (QED) is 0.926. The highest BCUT2D eigenvalue weighted by atomic mass is 32.1. The lowest BCUT2D eigenvalue weighted by molar-refractivity contribution is -0.133. The number of nitrogens with one attached hydrogen (secondary N) is 1. The van der Waals surface area contributed by atoms with Gasteiger partial charge in [0.15, 0.2) is 0 Å². The van der Waals surface area contributed by atoms with Gasteiger partial charge in [-0.1, -0.05) is 0 Å². The first-order chi connectivity index (χ1) is 10.1. The zero-order valence-corrected chi connectivity index (χ0v) is 13.1. The summed E-state index contributed by atoms with van der Waals surface area (Å²) in [6.07, 6.45) is 3.96. The fourth-order valence-corrected chi connectivity index (χ4v) is 3.22. The maximum absolute atomic E-state index is 12.4. The first kappa shape index (κ1) is 14.2. The zero-order valence-electron chi connectivity index (χ0n) is 12.2. The lowest BCUT2D eigenvalue weighted by Crippen LogP contribution is -2.49. The van der Waals surface area contributed by atoms with Crippen molar-refractivity contribution in [1.82, 2.24) is 24.8 Å². The fraction of sp³-hybridized carbons (Fsp3) is 0.500. The zero-order chi connectivity index (χ0) is 14.8. The van der Waals surface area contributed by atoms with Gasteiger partial charge in [-0.25, -0.2) is 9.97 Å². The summed E-state index contributed by atoms with van der Waals surface area (Å²) in [6.45, 7) is 4.25. The van der Waals surface area contributed by atoms with Gasteiger partial charge in [0.05, 0.1) is 23.2 Å². The number of amides is 1. The summed E-state index contributed by atoms with van der Waals surface area (Å²) in [5, 5.41) is 2.97. The summed E-state index contributed by atoms with van der Waals surface area (Å²) in [5.41, 5.74) is 0.871. The first-order valence-corrected chi connectivity index (χ1v) is 7.90. The fourth-order valence-electron chi connectivity index (χ4n) is 2.61. The number of aryl methyl sites for hydroxylation is 1. The molecule has 1 aliphatic heterocycles. The number of imidazole rings is 1. The van der Waals surface area contributed by atoms with E-state index in [1.807, 2.05) is 23.4 Å². The SMILES string of the molecule is Cc1nc(CC(=O)N2CCN(C)C(c3ncc[nH]3)C2)cs1. The van der Waals surface area contributed by atoms with E-state index in [4.69, 9.17) is 0 Å². The monoisotopic (exact) mass is 305 g/mol. The molecule has 6 nitrogen and oxygen atoms in total. The molecule has 0 aromatic carbocycles. The topological polar surface area (TPSA) is 65.1 Å². The predicted molar refractivity (Wildman–Crippen MR) is 81.1 cm³/mol. The third kappa shape index (κ3) is 3.14.